The smallest absolute Gasteiger partial charge is 0.282 e. The van der Waals surface area contributed by atoms with Crippen LogP contribution in [0.15, 0.2) is 23.2 Å². The average Bonchev–Trinajstić information content (AvgIpc) is 2.72. The van der Waals surface area contributed by atoms with Crippen molar-refractivity contribution in [2.45, 2.75) is 25.9 Å². The van der Waals surface area contributed by atoms with Crippen molar-refractivity contribution in [1.82, 2.24) is 0 Å². The van der Waals surface area contributed by atoms with Gasteiger partial charge >= 0.3 is 0 Å². The summed E-state index contributed by atoms with van der Waals surface area (Å²) in [6.45, 7) is 4.73. The number of anilines is 1. The van der Waals surface area contributed by atoms with E-state index in [9.17, 15) is 8.78 Å². The lowest BCUT2D eigenvalue weighted by molar-refractivity contribution is 0.312. The van der Waals surface area contributed by atoms with E-state index in [1.165, 1.54) is 12.1 Å². The van der Waals surface area contributed by atoms with Crippen LogP contribution in [0, 0.1) is 11.6 Å². The second kappa shape index (κ2) is 5.42. The minimum absolute atomic E-state index is 0.0528. The molecule has 0 saturated carbocycles. The van der Waals surface area contributed by atoms with Crippen molar-refractivity contribution < 1.29 is 13.5 Å². The summed E-state index contributed by atoms with van der Waals surface area (Å²) in [5.74, 6) is -1.17. The van der Waals surface area contributed by atoms with Gasteiger partial charge in [-0.3, -0.25) is 0 Å². The molecule has 0 radical (unpaired) electrons. The van der Waals surface area contributed by atoms with Crippen LogP contribution in [0.25, 0.3) is 0 Å². The Morgan fingerprint density at radius 3 is 2.74 bits per heavy atom. The summed E-state index contributed by atoms with van der Waals surface area (Å²) in [7, 11) is 0. The van der Waals surface area contributed by atoms with Crippen LogP contribution < -0.4 is 10.6 Å². The number of benzene rings is 1. The van der Waals surface area contributed by atoms with Gasteiger partial charge in [0.05, 0.1) is 5.69 Å². The van der Waals surface area contributed by atoms with Crippen LogP contribution in [-0.2, 0) is 4.74 Å². The summed E-state index contributed by atoms with van der Waals surface area (Å²) >= 11 is 0. The van der Waals surface area contributed by atoms with Gasteiger partial charge in [-0.2, -0.15) is 0 Å². The van der Waals surface area contributed by atoms with Gasteiger partial charge in [-0.25, -0.2) is 13.8 Å². The SMILES string of the molecule is CC(C)N(CC1COC(N)=N1)c1ccc(F)cc1F. The fraction of sp³-hybridized carbons (Fsp3) is 0.462. The average molecular weight is 269 g/mol. The maximum absolute atomic E-state index is 13.8. The van der Waals surface area contributed by atoms with E-state index in [4.69, 9.17) is 10.5 Å². The predicted molar refractivity (Wildman–Crippen MR) is 70.2 cm³/mol. The Morgan fingerprint density at radius 1 is 1.47 bits per heavy atom. The van der Waals surface area contributed by atoms with Crippen molar-refractivity contribution >= 4 is 11.7 Å². The van der Waals surface area contributed by atoms with Gasteiger partial charge in [-0.1, -0.05) is 0 Å². The molecule has 0 fully saturated rings. The molecule has 2 N–H and O–H groups in total. The number of nitrogens with zero attached hydrogens (tertiary/aromatic N) is 2. The zero-order valence-corrected chi connectivity index (χ0v) is 10.9. The monoisotopic (exact) mass is 269 g/mol. The number of aliphatic imine (C=N–C) groups is 1. The maximum atomic E-state index is 13.8. The highest BCUT2D eigenvalue weighted by atomic mass is 19.1. The fourth-order valence-electron chi connectivity index (χ4n) is 2.06. The molecule has 1 heterocycles. The van der Waals surface area contributed by atoms with E-state index in [1.807, 2.05) is 18.7 Å². The van der Waals surface area contributed by atoms with E-state index in [2.05, 4.69) is 4.99 Å². The van der Waals surface area contributed by atoms with Gasteiger partial charge in [0.1, 0.15) is 24.3 Å². The van der Waals surface area contributed by atoms with Crippen molar-refractivity contribution in [1.29, 1.82) is 0 Å². The zero-order chi connectivity index (χ0) is 14.0. The zero-order valence-electron chi connectivity index (χ0n) is 10.9. The third-order valence-corrected chi connectivity index (χ3v) is 2.98. The number of halogens is 2. The Hall–Kier alpha value is -1.85. The fourth-order valence-corrected chi connectivity index (χ4v) is 2.06. The number of ether oxygens (including phenoxy) is 1. The van der Waals surface area contributed by atoms with E-state index in [0.29, 0.717) is 18.8 Å². The molecule has 0 aromatic heterocycles. The molecule has 0 aliphatic carbocycles. The van der Waals surface area contributed by atoms with Crippen molar-refractivity contribution in [2.24, 2.45) is 10.7 Å². The first-order valence-electron chi connectivity index (χ1n) is 6.15. The van der Waals surface area contributed by atoms with Gasteiger partial charge in [0.15, 0.2) is 0 Å². The highest BCUT2D eigenvalue weighted by Gasteiger charge is 2.23. The molecule has 1 unspecified atom stereocenters. The molecule has 1 aromatic carbocycles. The molecule has 0 bridgehead atoms. The third kappa shape index (κ3) is 3.13. The highest BCUT2D eigenvalue weighted by Crippen LogP contribution is 2.23. The van der Waals surface area contributed by atoms with Crippen molar-refractivity contribution in [3.05, 3.63) is 29.8 Å². The van der Waals surface area contributed by atoms with Crippen LogP contribution in [0.4, 0.5) is 14.5 Å². The van der Waals surface area contributed by atoms with Crippen LogP contribution in [0.5, 0.6) is 0 Å². The van der Waals surface area contributed by atoms with Gasteiger partial charge < -0.3 is 15.4 Å². The first-order chi connectivity index (χ1) is 8.97. The van der Waals surface area contributed by atoms with Gasteiger partial charge in [0, 0.05) is 18.7 Å². The summed E-state index contributed by atoms with van der Waals surface area (Å²) in [6.07, 6.45) is 0. The number of hydrogen-bond acceptors (Lipinski definition) is 4. The molecular formula is C13H17F2N3O. The van der Waals surface area contributed by atoms with Gasteiger partial charge in [0.2, 0.25) is 0 Å². The molecule has 1 aromatic rings. The van der Waals surface area contributed by atoms with Crippen molar-refractivity contribution in [3.63, 3.8) is 0 Å². The molecule has 1 atom stereocenters. The van der Waals surface area contributed by atoms with Crippen LogP contribution in [-0.4, -0.2) is 31.3 Å². The molecule has 4 nitrogen and oxygen atoms in total. The molecule has 6 heteroatoms. The van der Waals surface area contributed by atoms with E-state index >= 15 is 0 Å². The number of amidine groups is 1. The molecular weight excluding hydrogens is 252 g/mol. The first kappa shape index (κ1) is 13.6. The normalized spacial score (nSPS) is 18.4. The summed E-state index contributed by atoms with van der Waals surface area (Å²) in [5, 5.41) is 0. The number of hydrogen-bond donors (Lipinski definition) is 1. The molecule has 0 saturated heterocycles. The standard InChI is InChI=1S/C13H17F2N3O/c1-8(2)18(6-10-7-19-13(16)17-10)12-4-3-9(14)5-11(12)15/h3-5,8,10H,6-7H2,1-2H3,(H2,16,17). The predicted octanol–water partition coefficient (Wildman–Crippen LogP) is 1.89. The van der Waals surface area contributed by atoms with E-state index in [-0.39, 0.29) is 18.1 Å². The molecule has 0 spiro atoms. The number of nitrogens with two attached hydrogens (primary N) is 1. The topological polar surface area (TPSA) is 50.9 Å². The Morgan fingerprint density at radius 2 is 2.21 bits per heavy atom. The largest absolute Gasteiger partial charge is 0.463 e. The van der Waals surface area contributed by atoms with E-state index in [1.54, 1.807) is 0 Å². The summed E-state index contributed by atoms with van der Waals surface area (Å²) in [6, 6.07) is 3.65. The lowest BCUT2D eigenvalue weighted by atomic mass is 10.2. The van der Waals surface area contributed by atoms with Crippen LogP contribution in [0.3, 0.4) is 0 Å². The molecule has 1 aliphatic heterocycles. The lowest BCUT2D eigenvalue weighted by Crippen LogP contribution is -2.38. The summed E-state index contributed by atoms with van der Waals surface area (Å²) in [5.41, 5.74) is 5.81. The molecule has 1 aliphatic rings. The lowest BCUT2D eigenvalue weighted by Gasteiger charge is -2.30. The van der Waals surface area contributed by atoms with Gasteiger partial charge in [0.25, 0.3) is 6.02 Å². The van der Waals surface area contributed by atoms with E-state index in [0.717, 1.165) is 6.07 Å². The second-order valence-corrected chi connectivity index (χ2v) is 4.77. The van der Waals surface area contributed by atoms with Gasteiger partial charge in [-0.15, -0.1) is 0 Å². The van der Waals surface area contributed by atoms with Crippen LogP contribution in [0.1, 0.15) is 13.8 Å². The second-order valence-electron chi connectivity index (χ2n) is 4.77. The highest BCUT2D eigenvalue weighted by molar-refractivity contribution is 5.73. The van der Waals surface area contributed by atoms with Crippen LogP contribution >= 0.6 is 0 Å². The Bertz CT molecular complexity index is 491. The summed E-state index contributed by atoms with van der Waals surface area (Å²) < 4.78 is 31.9. The number of rotatable bonds is 4. The maximum Gasteiger partial charge on any atom is 0.282 e. The van der Waals surface area contributed by atoms with E-state index < -0.39 is 11.6 Å². The summed E-state index contributed by atoms with van der Waals surface area (Å²) in [4.78, 5) is 5.94. The minimum Gasteiger partial charge on any atom is -0.463 e. The quantitative estimate of drug-likeness (QED) is 0.908. The van der Waals surface area contributed by atoms with Crippen molar-refractivity contribution in [3.8, 4) is 0 Å². The third-order valence-electron chi connectivity index (χ3n) is 2.98. The first-order valence-corrected chi connectivity index (χ1v) is 6.15. The van der Waals surface area contributed by atoms with Crippen LogP contribution in [0.2, 0.25) is 0 Å². The van der Waals surface area contributed by atoms with Crippen molar-refractivity contribution in [2.75, 3.05) is 18.1 Å². The molecule has 0 amide bonds. The Kier molecular flexibility index (Phi) is 3.87. The van der Waals surface area contributed by atoms with Gasteiger partial charge in [-0.05, 0) is 26.0 Å². The molecule has 19 heavy (non-hydrogen) atoms. The minimum atomic E-state index is -0.587. The Labute approximate surface area is 110 Å². The Balaban J connectivity index is 2.20. The molecule has 104 valence electrons. The molecule has 2 rings (SSSR count).